The Hall–Kier alpha value is -2.18. The molecule has 0 radical (unpaired) electrons. The Labute approximate surface area is 199 Å². The molecule has 0 bridgehead atoms. The number of benzene rings is 2. The van der Waals surface area contributed by atoms with E-state index in [4.69, 9.17) is 4.74 Å². The van der Waals surface area contributed by atoms with Crippen LogP contribution in [0.3, 0.4) is 0 Å². The number of aromatic amines is 1. The number of aryl methyl sites for hydroxylation is 1. The lowest BCUT2D eigenvalue weighted by Crippen LogP contribution is -2.42. The van der Waals surface area contributed by atoms with Crippen molar-refractivity contribution >= 4 is 32.9 Å². The monoisotopic (exact) mass is 499 g/mol. The van der Waals surface area contributed by atoms with Crippen LogP contribution in [0.4, 0.5) is 0 Å². The van der Waals surface area contributed by atoms with E-state index < -0.39 is 5.41 Å². The van der Waals surface area contributed by atoms with Gasteiger partial charge in [-0.15, -0.1) is 0 Å². The van der Waals surface area contributed by atoms with Crippen LogP contribution in [0.1, 0.15) is 44.5 Å². The minimum Gasteiger partial charge on any atom is -0.468 e. The van der Waals surface area contributed by atoms with Crippen LogP contribution in [-0.4, -0.2) is 48.1 Å². The maximum absolute atomic E-state index is 13.0. The molecule has 1 aromatic heterocycles. The highest BCUT2D eigenvalue weighted by molar-refractivity contribution is 9.10. The Morgan fingerprint density at radius 1 is 1.12 bits per heavy atom. The summed E-state index contributed by atoms with van der Waals surface area (Å²) in [5.74, 6) is 1.02. The lowest BCUT2D eigenvalue weighted by molar-refractivity contribution is -0.150. The van der Waals surface area contributed by atoms with E-state index in [0.29, 0.717) is 0 Å². The summed E-state index contributed by atoms with van der Waals surface area (Å²) in [4.78, 5) is 23.4. The van der Waals surface area contributed by atoms with Crippen molar-refractivity contribution in [2.75, 3.05) is 27.2 Å². The molecule has 0 saturated carbocycles. The van der Waals surface area contributed by atoms with E-state index in [0.717, 1.165) is 65.7 Å². The van der Waals surface area contributed by atoms with Crippen molar-refractivity contribution in [3.63, 3.8) is 0 Å². The molecule has 3 aromatic rings. The number of methoxy groups -OCH3 is 1. The SMILES string of the molecule is COC(=O)C(CCCN(C)CCCc1nc2ccccc2[nH]1)(c1ccc(Br)cc1)C(C)C. The molecule has 1 unspecified atom stereocenters. The number of nitrogens with one attached hydrogen (secondary N) is 1. The summed E-state index contributed by atoms with van der Waals surface area (Å²) >= 11 is 3.50. The zero-order valence-corrected chi connectivity index (χ0v) is 21.1. The highest BCUT2D eigenvalue weighted by atomic mass is 79.9. The summed E-state index contributed by atoms with van der Waals surface area (Å²) in [5, 5.41) is 0. The lowest BCUT2D eigenvalue weighted by Gasteiger charge is -2.36. The number of hydrogen-bond donors (Lipinski definition) is 1. The average Bonchev–Trinajstić information content (AvgIpc) is 3.19. The van der Waals surface area contributed by atoms with Crippen molar-refractivity contribution in [3.05, 3.63) is 64.4 Å². The quantitative estimate of drug-likeness (QED) is 0.342. The van der Waals surface area contributed by atoms with Crippen molar-refractivity contribution in [1.29, 1.82) is 0 Å². The number of para-hydroxylation sites is 2. The molecule has 0 amide bonds. The number of carbonyl (C=O) groups is 1. The first-order valence-corrected chi connectivity index (χ1v) is 12.1. The highest BCUT2D eigenvalue weighted by Crippen LogP contribution is 2.39. The third-order valence-electron chi connectivity index (χ3n) is 6.40. The summed E-state index contributed by atoms with van der Waals surface area (Å²) in [7, 11) is 3.63. The predicted octanol–water partition coefficient (Wildman–Crippen LogP) is 5.74. The second kappa shape index (κ2) is 11.1. The van der Waals surface area contributed by atoms with Crippen LogP contribution in [0.25, 0.3) is 11.0 Å². The van der Waals surface area contributed by atoms with Gasteiger partial charge in [-0.2, -0.15) is 0 Å². The minimum atomic E-state index is -0.634. The van der Waals surface area contributed by atoms with Gasteiger partial charge in [0, 0.05) is 10.9 Å². The summed E-state index contributed by atoms with van der Waals surface area (Å²) < 4.78 is 6.29. The summed E-state index contributed by atoms with van der Waals surface area (Å²) in [5.41, 5.74) is 2.51. The molecule has 0 fully saturated rings. The lowest BCUT2D eigenvalue weighted by atomic mass is 9.68. The molecule has 0 aliphatic rings. The Morgan fingerprint density at radius 3 is 2.47 bits per heavy atom. The molecule has 172 valence electrons. The molecular formula is C26H34BrN3O2. The van der Waals surface area contributed by atoms with Gasteiger partial charge in [0.1, 0.15) is 5.82 Å². The second-order valence-corrected chi connectivity index (χ2v) is 9.75. The number of nitrogens with zero attached hydrogens (tertiary/aromatic N) is 2. The van der Waals surface area contributed by atoms with E-state index in [9.17, 15) is 4.79 Å². The van der Waals surface area contributed by atoms with Crippen molar-refractivity contribution in [3.8, 4) is 0 Å². The fraction of sp³-hybridized carbons (Fsp3) is 0.462. The molecule has 0 aliphatic heterocycles. The van der Waals surface area contributed by atoms with Gasteiger partial charge in [-0.25, -0.2) is 4.98 Å². The number of H-pyrrole nitrogens is 1. The number of ether oxygens (including phenoxy) is 1. The number of carbonyl (C=O) groups excluding carboxylic acids is 1. The molecule has 5 nitrogen and oxygen atoms in total. The molecule has 3 rings (SSSR count). The predicted molar refractivity (Wildman–Crippen MR) is 134 cm³/mol. The van der Waals surface area contributed by atoms with Crippen LogP contribution in [0.15, 0.2) is 53.0 Å². The van der Waals surface area contributed by atoms with E-state index in [-0.39, 0.29) is 11.9 Å². The van der Waals surface area contributed by atoms with E-state index in [2.05, 4.69) is 57.8 Å². The van der Waals surface area contributed by atoms with Crippen molar-refractivity contribution in [2.45, 2.75) is 44.9 Å². The highest BCUT2D eigenvalue weighted by Gasteiger charge is 2.43. The standard InChI is InChI=1S/C26H34BrN3O2/c1-19(2)26(25(31)32-4,20-12-14-21(27)15-13-20)16-8-18-30(3)17-7-11-24-28-22-9-5-6-10-23(22)29-24/h5-6,9-10,12-15,19H,7-8,11,16-18H2,1-4H3,(H,28,29). The zero-order chi connectivity index (χ0) is 23.1. The van der Waals surface area contributed by atoms with Gasteiger partial charge in [0.15, 0.2) is 0 Å². The minimum absolute atomic E-state index is 0.134. The maximum Gasteiger partial charge on any atom is 0.316 e. The van der Waals surface area contributed by atoms with Crippen LogP contribution in [0.2, 0.25) is 0 Å². The Balaban J connectivity index is 1.56. The van der Waals surface area contributed by atoms with Crippen LogP contribution >= 0.6 is 15.9 Å². The third kappa shape index (κ3) is 5.59. The van der Waals surface area contributed by atoms with Gasteiger partial charge in [0.25, 0.3) is 0 Å². The van der Waals surface area contributed by atoms with Gasteiger partial charge in [-0.1, -0.05) is 54.0 Å². The van der Waals surface area contributed by atoms with Crippen molar-refractivity contribution in [2.24, 2.45) is 5.92 Å². The number of esters is 1. The first-order chi connectivity index (χ1) is 15.4. The van der Waals surface area contributed by atoms with Gasteiger partial charge in [-0.05, 0) is 75.1 Å². The number of imidazole rings is 1. The number of hydrogen-bond acceptors (Lipinski definition) is 4. The Morgan fingerprint density at radius 2 is 1.81 bits per heavy atom. The van der Waals surface area contributed by atoms with Crippen LogP contribution < -0.4 is 0 Å². The molecule has 1 heterocycles. The van der Waals surface area contributed by atoms with Gasteiger partial charge >= 0.3 is 5.97 Å². The number of fused-ring (bicyclic) bond motifs is 1. The molecule has 1 atom stereocenters. The Kier molecular flexibility index (Phi) is 8.49. The molecule has 0 aliphatic carbocycles. The van der Waals surface area contributed by atoms with Crippen LogP contribution in [-0.2, 0) is 21.4 Å². The Bertz CT molecular complexity index is 982. The molecule has 2 aromatic carbocycles. The van der Waals surface area contributed by atoms with E-state index in [1.54, 1.807) is 0 Å². The molecule has 0 spiro atoms. The fourth-order valence-electron chi connectivity index (χ4n) is 4.53. The normalized spacial score (nSPS) is 13.6. The second-order valence-electron chi connectivity index (χ2n) is 8.84. The van der Waals surface area contributed by atoms with Gasteiger partial charge < -0.3 is 14.6 Å². The topological polar surface area (TPSA) is 58.2 Å². The van der Waals surface area contributed by atoms with Crippen LogP contribution in [0, 0.1) is 5.92 Å². The summed E-state index contributed by atoms with van der Waals surface area (Å²) in [6.45, 7) is 6.14. The summed E-state index contributed by atoms with van der Waals surface area (Å²) in [6.07, 6.45) is 3.64. The molecular weight excluding hydrogens is 466 g/mol. The zero-order valence-electron chi connectivity index (χ0n) is 19.5. The fourth-order valence-corrected chi connectivity index (χ4v) is 4.80. The smallest absolute Gasteiger partial charge is 0.316 e. The van der Waals surface area contributed by atoms with Gasteiger partial charge in [-0.3, -0.25) is 4.79 Å². The number of halogens is 1. The first-order valence-electron chi connectivity index (χ1n) is 11.3. The van der Waals surface area contributed by atoms with E-state index in [1.807, 2.05) is 42.5 Å². The largest absolute Gasteiger partial charge is 0.468 e. The van der Waals surface area contributed by atoms with Gasteiger partial charge in [0.2, 0.25) is 0 Å². The van der Waals surface area contributed by atoms with E-state index >= 15 is 0 Å². The maximum atomic E-state index is 13.0. The number of rotatable bonds is 11. The third-order valence-corrected chi connectivity index (χ3v) is 6.93. The van der Waals surface area contributed by atoms with Crippen molar-refractivity contribution in [1.82, 2.24) is 14.9 Å². The average molecular weight is 500 g/mol. The van der Waals surface area contributed by atoms with Crippen LogP contribution in [0.5, 0.6) is 0 Å². The summed E-state index contributed by atoms with van der Waals surface area (Å²) in [6, 6.07) is 16.2. The molecule has 6 heteroatoms. The van der Waals surface area contributed by atoms with Crippen molar-refractivity contribution < 1.29 is 9.53 Å². The van der Waals surface area contributed by atoms with E-state index in [1.165, 1.54) is 7.11 Å². The molecule has 0 saturated heterocycles. The molecule has 1 N–H and O–H groups in total. The number of aromatic nitrogens is 2. The first kappa shape index (κ1) is 24.5. The van der Waals surface area contributed by atoms with Gasteiger partial charge in [0.05, 0.1) is 23.6 Å². The molecule has 32 heavy (non-hydrogen) atoms.